The molecule has 2 aliphatic carbocycles. The highest BCUT2D eigenvalue weighted by Crippen LogP contribution is 2.55. The molecule has 0 aromatic carbocycles. The smallest absolute Gasteiger partial charge is 0.309 e. The standard InChI is InChI=1S/C15H28O2Si/c1-9(8-18(4)5)17-15(16)14-7-12-6-13(14)11(3)10(12)2/h9-14,18H,6-8H2,1-5H3. The molecular formula is C15H28O2Si. The van der Waals surface area contributed by atoms with Crippen molar-refractivity contribution in [3.8, 4) is 0 Å². The molecule has 104 valence electrons. The highest BCUT2D eigenvalue weighted by Gasteiger charge is 2.51. The Morgan fingerprint density at radius 2 is 1.94 bits per heavy atom. The van der Waals surface area contributed by atoms with E-state index in [1.165, 1.54) is 6.42 Å². The quantitative estimate of drug-likeness (QED) is 0.577. The Balaban J connectivity index is 1.88. The number of rotatable bonds is 4. The molecule has 0 aliphatic heterocycles. The second-order valence-electron chi connectivity index (χ2n) is 7.10. The first-order valence-electron chi connectivity index (χ1n) is 7.60. The maximum Gasteiger partial charge on any atom is 0.309 e. The summed E-state index contributed by atoms with van der Waals surface area (Å²) in [6.07, 6.45) is 2.48. The van der Waals surface area contributed by atoms with Crippen LogP contribution in [0.15, 0.2) is 0 Å². The van der Waals surface area contributed by atoms with Crippen LogP contribution in [-0.4, -0.2) is 20.9 Å². The lowest BCUT2D eigenvalue weighted by atomic mass is 9.76. The lowest BCUT2D eigenvalue weighted by Crippen LogP contribution is -2.33. The molecule has 0 spiro atoms. The monoisotopic (exact) mass is 268 g/mol. The van der Waals surface area contributed by atoms with Gasteiger partial charge < -0.3 is 4.74 Å². The van der Waals surface area contributed by atoms with Crippen molar-refractivity contribution in [1.29, 1.82) is 0 Å². The molecule has 6 atom stereocenters. The van der Waals surface area contributed by atoms with Gasteiger partial charge in [0.2, 0.25) is 0 Å². The fraction of sp³-hybridized carbons (Fsp3) is 0.933. The van der Waals surface area contributed by atoms with Crippen molar-refractivity contribution >= 4 is 14.8 Å². The normalized spacial score (nSPS) is 40.2. The third-order valence-corrected chi connectivity index (χ3v) is 6.93. The molecule has 2 saturated carbocycles. The number of ether oxygens (including phenoxy) is 1. The molecule has 2 rings (SSSR count). The van der Waals surface area contributed by atoms with E-state index in [2.05, 4.69) is 33.9 Å². The van der Waals surface area contributed by atoms with Crippen molar-refractivity contribution in [2.45, 2.75) is 58.9 Å². The summed E-state index contributed by atoms with van der Waals surface area (Å²) in [5.41, 5.74) is 0. The van der Waals surface area contributed by atoms with Crippen molar-refractivity contribution in [3.63, 3.8) is 0 Å². The minimum atomic E-state index is -0.635. The number of hydrogen-bond acceptors (Lipinski definition) is 2. The van der Waals surface area contributed by atoms with Crippen LogP contribution in [0.25, 0.3) is 0 Å². The second-order valence-corrected chi connectivity index (χ2v) is 10.4. The average molecular weight is 268 g/mol. The number of carbonyl (C=O) groups excluding carboxylic acids is 1. The van der Waals surface area contributed by atoms with E-state index in [0.717, 1.165) is 24.3 Å². The summed E-state index contributed by atoms with van der Waals surface area (Å²) in [5, 5.41) is 0. The van der Waals surface area contributed by atoms with Gasteiger partial charge in [0, 0.05) is 8.80 Å². The van der Waals surface area contributed by atoms with Gasteiger partial charge in [0.15, 0.2) is 0 Å². The molecule has 0 amide bonds. The SMILES string of the molecule is CC(C[SiH](C)C)OC(=O)C1CC2CC1C(C)C2C. The first-order chi connectivity index (χ1) is 8.40. The maximum absolute atomic E-state index is 12.3. The van der Waals surface area contributed by atoms with Gasteiger partial charge in [0.25, 0.3) is 0 Å². The number of carbonyl (C=O) groups is 1. The summed E-state index contributed by atoms with van der Waals surface area (Å²) < 4.78 is 5.68. The van der Waals surface area contributed by atoms with E-state index < -0.39 is 8.80 Å². The van der Waals surface area contributed by atoms with E-state index in [-0.39, 0.29) is 18.0 Å². The first kappa shape index (κ1) is 14.1. The Kier molecular flexibility index (Phi) is 4.20. The lowest BCUT2D eigenvalue weighted by Gasteiger charge is -2.31. The molecule has 0 N–H and O–H groups in total. The summed E-state index contributed by atoms with van der Waals surface area (Å²) in [5.74, 6) is 3.19. The zero-order valence-electron chi connectivity index (χ0n) is 12.5. The zero-order valence-corrected chi connectivity index (χ0v) is 13.6. The van der Waals surface area contributed by atoms with Crippen LogP contribution in [0.3, 0.4) is 0 Å². The van der Waals surface area contributed by atoms with Crippen molar-refractivity contribution in [3.05, 3.63) is 0 Å². The molecule has 2 nitrogen and oxygen atoms in total. The van der Waals surface area contributed by atoms with Crippen molar-refractivity contribution in [1.82, 2.24) is 0 Å². The molecule has 3 heteroatoms. The first-order valence-corrected chi connectivity index (χ1v) is 10.7. The molecule has 18 heavy (non-hydrogen) atoms. The van der Waals surface area contributed by atoms with Gasteiger partial charge in [-0.1, -0.05) is 26.9 Å². The Bertz CT molecular complexity index is 314. The molecule has 0 aromatic heterocycles. The Labute approximate surface area is 113 Å². The number of fused-ring (bicyclic) bond motifs is 2. The predicted molar refractivity (Wildman–Crippen MR) is 77.3 cm³/mol. The molecule has 0 aromatic rings. The van der Waals surface area contributed by atoms with Crippen molar-refractivity contribution in [2.75, 3.05) is 0 Å². The van der Waals surface area contributed by atoms with E-state index in [1.807, 2.05) is 0 Å². The minimum Gasteiger partial charge on any atom is -0.463 e. The maximum atomic E-state index is 12.3. The second kappa shape index (κ2) is 5.36. The Morgan fingerprint density at radius 1 is 1.28 bits per heavy atom. The van der Waals surface area contributed by atoms with Crippen LogP contribution in [0.2, 0.25) is 19.1 Å². The molecule has 0 saturated heterocycles. The molecule has 0 radical (unpaired) electrons. The fourth-order valence-corrected chi connectivity index (χ4v) is 5.63. The van der Waals surface area contributed by atoms with Gasteiger partial charge in [0.1, 0.15) is 0 Å². The van der Waals surface area contributed by atoms with Crippen LogP contribution in [0.1, 0.15) is 33.6 Å². The highest BCUT2D eigenvalue weighted by molar-refractivity contribution is 6.55. The molecule has 0 heterocycles. The van der Waals surface area contributed by atoms with Crippen LogP contribution in [0.5, 0.6) is 0 Å². The van der Waals surface area contributed by atoms with E-state index in [0.29, 0.717) is 11.8 Å². The molecule has 2 fully saturated rings. The van der Waals surface area contributed by atoms with Gasteiger partial charge in [-0.25, -0.2) is 0 Å². The van der Waals surface area contributed by atoms with E-state index in [1.54, 1.807) is 0 Å². The van der Waals surface area contributed by atoms with Gasteiger partial charge >= 0.3 is 5.97 Å². The third-order valence-electron chi connectivity index (χ3n) is 5.32. The van der Waals surface area contributed by atoms with Gasteiger partial charge in [0.05, 0.1) is 12.0 Å². The summed E-state index contributed by atoms with van der Waals surface area (Å²) in [6.45, 7) is 11.4. The van der Waals surface area contributed by atoms with Crippen LogP contribution < -0.4 is 0 Å². The Morgan fingerprint density at radius 3 is 2.44 bits per heavy atom. The fourth-order valence-electron chi connectivity index (χ4n) is 4.21. The lowest BCUT2D eigenvalue weighted by molar-refractivity contribution is -0.155. The average Bonchev–Trinajstić information content (AvgIpc) is 2.79. The van der Waals surface area contributed by atoms with Crippen molar-refractivity contribution < 1.29 is 9.53 Å². The van der Waals surface area contributed by atoms with E-state index in [9.17, 15) is 4.79 Å². The summed E-state index contributed by atoms with van der Waals surface area (Å²) in [6, 6.07) is 1.11. The minimum absolute atomic E-state index is 0.100. The topological polar surface area (TPSA) is 26.3 Å². The Hall–Kier alpha value is -0.313. The van der Waals surface area contributed by atoms with Crippen LogP contribution in [0.4, 0.5) is 0 Å². The van der Waals surface area contributed by atoms with Crippen LogP contribution in [0, 0.1) is 29.6 Å². The highest BCUT2D eigenvalue weighted by atomic mass is 28.3. The molecular weight excluding hydrogens is 240 g/mol. The van der Waals surface area contributed by atoms with E-state index in [4.69, 9.17) is 4.74 Å². The van der Waals surface area contributed by atoms with Crippen molar-refractivity contribution in [2.24, 2.45) is 29.6 Å². The van der Waals surface area contributed by atoms with Crippen LogP contribution in [-0.2, 0) is 9.53 Å². The molecule has 2 bridgehead atoms. The van der Waals surface area contributed by atoms with Gasteiger partial charge in [-0.3, -0.25) is 4.79 Å². The number of esters is 1. The number of hydrogen-bond donors (Lipinski definition) is 0. The third kappa shape index (κ3) is 2.66. The van der Waals surface area contributed by atoms with Gasteiger partial charge in [-0.05, 0) is 49.5 Å². The van der Waals surface area contributed by atoms with E-state index >= 15 is 0 Å². The molecule has 6 unspecified atom stereocenters. The van der Waals surface area contributed by atoms with Gasteiger partial charge in [-0.15, -0.1) is 0 Å². The summed E-state index contributed by atoms with van der Waals surface area (Å²) in [7, 11) is -0.635. The summed E-state index contributed by atoms with van der Waals surface area (Å²) in [4.78, 5) is 12.3. The predicted octanol–water partition coefficient (Wildman–Crippen LogP) is 3.33. The largest absolute Gasteiger partial charge is 0.463 e. The summed E-state index contributed by atoms with van der Waals surface area (Å²) >= 11 is 0. The van der Waals surface area contributed by atoms with Crippen LogP contribution >= 0.6 is 0 Å². The molecule has 2 aliphatic rings. The zero-order chi connectivity index (χ0) is 13.4. The van der Waals surface area contributed by atoms with Gasteiger partial charge in [-0.2, -0.15) is 0 Å².